The number of aryl methyl sites for hydroxylation is 2. The number of rotatable bonds is 5. The lowest BCUT2D eigenvalue weighted by molar-refractivity contribution is 0.0668. The van der Waals surface area contributed by atoms with Gasteiger partial charge in [0.2, 0.25) is 0 Å². The average Bonchev–Trinajstić information content (AvgIpc) is 3.19. The fourth-order valence-corrected chi connectivity index (χ4v) is 4.50. The minimum Gasteiger partial charge on any atom is -0.355 e. The fourth-order valence-electron chi connectivity index (χ4n) is 4.50. The summed E-state index contributed by atoms with van der Waals surface area (Å²) in [5.74, 6) is 1.04. The van der Waals surface area contributed by atoms with Crippen LogP contribution in [0.15, 0.2) is 53.3 Å². The van der Waals surface area contributed by atoms with E-state index in [1.54, 1.807) is 12.4 Å². The van der Waals surface area contributed by atoms with Gasteiger partial charge in [0.1, 0.15) is 5.56 Å². The molecule has 32 heavy (non-hydrogen) atoms. The van der Waals surface area contributed by atoms with Crippen molar-refractivity contribution in [2.24, 2.45) is 5.92 Å². The largest absolute Gasteiger partial charge is 0.355 e. The number of hydrogen-bond acceptors (Lipinski definition) is 4. The Kier molecular flexibility index (Phi) is 6.45. The van der Waals surface area contributed by atoms with Gasteiger partial charge in [-0.2, -0.15) is 0 Å². The van der Waals surface area contributed by atoms with E-state index >= 15 is 0 Å². The summed E-state index contributed by atoms with van der Waals surface area (Å²) in [6.45, 7) is 10.1. The number of benzene rings is 1. The third-order valence-electron chi connectivity index (χ3n) is 6.47. The molecule has 0 radical (unpaired) electrons. The van der Waals surface area contributed by atoms with Crippen molar-refractivity contribution in [1.82, 2.24) is 15.0 Å². The van der Waals surface area contributed by atoms with Crippen LogP contribution in [0, 0.1) is 12.8 Å². The molecule has 0 unspecified atom stereocenters. The minimum absolute atomic E-state index is 0.0156. The van der Waals surface area contributed by atoms with Gasteiger partial charge in [0, 0.05) is 31.0 Å². The molecule has 1 atom stereocenters. The Morgan fingerprint density at radius 2 is 1.97 bits per heavy atom. The van der Waals surface area contributed by atoms with E-state index in [-0.39, 0.29) is 11.3 Å². The zero-order chi connectivity index (χ0) is 22.7. The first-order chi connectivity index (χ1) is 15.3. The number of hydrogen-bond donors (Lipinski definition) is 0. The monoisotopic (exact) mass is 431 g/mol. The van der Waals surface area contributed by atoms with Crippen molar-refractivity contribution in [3.05, 3.63) is 71.2 Å². The molecule has 0 N–H and O–H groups in total. The summed E-state index contributed by atoms with van der Waals surface area (Å²) < 4.78 is 5.52. The lowest BCUT2D eigenvalue weighted by Crippen LogP contribution is -2.40. The number of amides is 1. The van der Waals surface area contributed by atoms with Crippen molar-refractivity contribution >= 4 is 5.91 Å². The standard InChI is InChI=1S/C27H33N3O2/c1-19-24(25(32-29-19)22-8-5-15-28-17-22)26(31)30-16-6-7-21(18-30)10-9-20-11-13-23(14-12-20)27(2,3)4/h5,8,11-15,17,21H,6-7,9-10,16,18H2,1-4H3/t21-/m0/s1. The van der Waals surface area contributed by atoms with Gasteiger partial charge < -0.3 is 9.42 Å². The Bertz CT molecular complexity index is 1050. The van der Waals surface area contributed by atoms with Crippen molar-refractivity contribution in [2.75, 3.05) is 13.1 Å². The van der Waals surface area contributed by atoms with Crippen LogP contribution >= 0.6 is 0 Å². The lowest BCUT2D eigenvalue weighted by Gasteiger charge is -2.33. The highest BCUT2D eigenvalue weighted by atomic mass is 16.5. The van der Waals surface area contributed by atoms with E-state index < -0.39 is 0 Å². The van der Waals surface area contributed by atoms with Crippen LogP contribution in [0.5, 0.6) is 0 Å². The molecule has 5 nitrogen and oxygen atoms in total. The van der Waals surface area contributed by atoms with Crippen molar-refractivity contribution in [2.45, 2.75) is 58.8 Å². The smallest absolute Gasteiger partial charge is 0.259 e. The normalized spacial score (nSPS) is 16.9. The quantitative estimate of drug-likeness (QED) is 0.510. The first kappa shape index (κ1) is 22.3. The van der Waals surface area contributed by atoms with E-state index in [9.17, 15) is 4.79 Å². The van der Waals surface area contributed by atoms with Gasteiger partial charge in [0.05, 0.1) is 5.69 Å². The maximum atomic E-state index is 13.4. The molecule has 1 aliphatic heterocycles. The highest BCUT2D eigenvalue weighted by Gasteiger charge is 2.30. The predicted octanol–water partition coefficient (Wildman–Crippen LogP) is 5.83. The van der Waals surface area contributed by atoms with E-state index in [2.05, 4.69) is 55.2 Å². The van der Waals surface area contributed by atoms with Gasteiger partial charge in [-0.1, -0.05) is 50.2 Å². The third-order valence-corrected chi connectivity index (χ3v) is 6.47. The molecular formula is C27H33N3O2. The number of nitrogens with zero attached hydrogens (tertiary/aromatic N) is 3. The van der Waals surface area contributed by atoms with E-state index in [0.29, 0.717) is 22.9 Å². The van der Waals surface area contributed by atoms with E-state index in [1.165, 1.54) is 17.5 Å². The molecule has 0 aliphatic carbocycles. The van der Waals surface area contributed by atoms with Crippen LogP contribution in [0.25, 0.3) is 11.3 Å². The number of aromatic nitrogens is 2. The Hall–Kier alpha value is -2.95. The summed E-state index contributed by atoms with van der Waals surface area (Å²) in [4.78, 5) is 19.6. The van der Waals surface area contributed by atoms with E-state index in [1.807, 2.05) is 24.0 Å². The molecule has 1 fully saturated rings. The summed E-state index contributed by atoms with van der Waals surface area (Å²) >= 11 is 0. The zero-order valence-corrected chi connectivity index (χ0v) is 19.6. The molecular weight excluding hydrogens is 398 g/mol. The second-order valence-corrected chi connectivity index (χ2v) is 9.96. The van der Waals surface area contributed by atoms with Gasteiger partial charge in [0.25, 0.3) is 5.91 Å². The molecule has 3 aromatic rings. The minimum atomic E-state index is 0.0156. The van der Waals surface area contributed by atoms with Gasteiger partial charge in [0.15, 0.2) is 5.76 Å². The molecule has 0 saturated carbocycles. The van der Waals surface area contributed by atoms with Gasteiger partial charge in [-0.25, -0.2) is 0 Å². The maximum Gasteiger partial charge on any atom is 0.259 e. The average molecular weight is 432 g/mol. The summed E-state index contributed by atoms with van der Waals surface area (Å²) in [7, 11) is 0. The first-order valence-electron chi connectivity index (χ1n) is 11.6. The fraction of sp³-hybridized carbons (Fsp3) is 0.444. The van der Waals surface area contributed by atoms with Crippen molar-refractivity contribution < 1.29 is 9.32 Å². The molecule has 0 bridgehead atoms. The molecule has 1 saturated heterocycles. The van der Waals surface area contributed by atoms with Crippen LogP contribution in [0.1, 0.15) is 67.2 Å². The predicted molar refractivity (Wildman–Crippen MR) is 127 cm³/mol. The molecule has 1 aliphatic rings. The van der Waals surface area contributed by atoms with E-state index in [4.69, 9.17) is 4.52 Å². The highest BCUT2D eigenvalue weighted by Crippen LogP contribution is 2.30. The summed E-state index contributed by atoms with van der Waals surface area (Å²) in [6, 6.07) is 12.8. The van der Waals surface area contributed by atoms with Crippen LogP contribution in [0.2, 0.25) is 0 Å². The molecule has 0 spiro atoms. The molecule has 3 heterocycles. The molecule has 1 aromatic carbocycles. The number of carbonyl (C=O) groups excluding carboxylic acids is 1. The summed E-state index contributed by atoms with van der Waals surface area (Å²) in [5.41, 5.74) is 4.90. The van der Waals surface area contributed by atoms with Crippen LogP contribution < -0.4 is 0 Å². The third kappa shape index (κ3) is 4.93. The van der Waals surface area contributed by atoms with Gasteiger partial charge in [-0.05, 0) is 67.2 Å². The Morgan fingerprint density at radius 1 is 1.19 bits per heavy atom. The SMILES string of the molecule is Cc1noc(-c2cccnc2)c1C(=O)N1CCC[C@@H](CCc2ccc(C(C)(C)C)cc2)C1. The summed E-state index contributed by atoms with van der Waals surface area (Å²) in [6.07, 6.45) is 7.76. The van der Waals surface area contributed by atoms with Crippen molar-refractivity contribution in [3.63, 3.8) is 0 Å². The second kappa shape index (κ2) is 9.27. The number of likely N-dealkylation sites (tertiary alicyclic amines) is 1. The van der Waals surface area contributed by atoms with Crippen LogP contribution in [-0.4, -0.2) is 34.0 Å². The Balaban J connectivity index is 1.41. The van der Waals surface area contributed by atoms with E-state index in [0.717, 1.165) is 37.9 Å². The zero-order valence-electron chi connectivity index (χ0n) is 19.6. The highest BCUT2D eigenvalue weighted by molar-refractivity contribution is 6.00. The number of pyridine rings is 1. The molecule has 2 aromatic heterocycles. The molecule has 5 heteroatoms. The van der Waals surface area contributed by atoms with Crippen molar-refractivity contribution in [3.8, 4) is 11.3 Å². The second-order valence-electron chi connectivity index (χ2n) is 9.96. The van der Waals surface area contributed by atoms with Crippen molar-refractivity contribution in [1.29, 1.82) is 0 Å². The van der Waals surface area contributed by atoms with Gasteiger partial charge in [-0.15, -0.1) is 0 Å². The summed E-state index contributed by atoms with van der Waals surface area (Å²) in [5, 5.41) is 4.08. The Morgan fingerprint density at radius 3 is 2.66 bits per heavy atom. The number of piperidine rings is 1. The van der Waals surface area contributed by atoms with Crippen LogP contribution in [0.3, 0.4) is 0 Å². The Labute approximate surface area is 190 Å². The maximum absolute atomic E-state index is 13.4. The molecule has 1 amide bonds. The van der Waals surface area contributed by atoms with Gasteiger partial charge in [-0.3, -0.25) is 9.78 Å². The van der Waals surface area contributed by atoms with Crippen LogP contribution in [0.4, 0.5) is 0 Å². The molecule has 168 valence electrons. The first-order valence-corrected chi connectivity index (χ1v) is 11.6. The molecule has 4 rings (SSSR count). The van der Waals surface area contributed by atoms with Crippen LogP contribution in [-0.2, 0) is 11.8 Å². The lowest BCUT2D eigenvalue weighted by atomic mass is 9.86. The number of carbonyl (C=O) groups is 1. The van der Waals surface area contributed by atoms with Gasteiger partial charge >= 0.3 is 0 Å². The topological polar surface area (TPSA) is 59.2 Å².